The van der Waals surface area contributed by atoms with Gasteiger partial charge in [0.2, 0.25) is 12.7 Å². The summed E-state index contributed by atoms with van der Waals surface area (Å²) >= 11 is 1.27. The van der Waals surface area contributed by atoms with Crippen LogP contribution in [0, 0.1) is 0 Å². The van der Waals surface area contributed by atoms with Gasteiger partial charge in [0.05, 0.1) is 10.3 Å². The van der Waals surface area contributed by atoms with E-state index in [0.29, 0.717) is 17.3 Å². The normalized spacial score (nSPS) is 11.8. The van der Waals surface area contributed by atoms with Crippen molar-refractivity contribution < 1.29 is 38.6 Å². The maximum absolute atomic E-state index is 12.3. The zero-order valence-electron chi connectivity index (χ0n) is 16.0. The maximum atomic E-state index is 12.3. The average Bonchev–Trinajstić information content (AvgIpc) is 2.64. The molecule has 0 radical (unpaired) electrons. The summed E-state index contributed by atoms with van der Waals surface area (Å²) in [6.45, 7) is 3.46. The predicted octanol–water partition coefficient (Wildman–Crippen LogP) is 2.30. The van der Waals surface area contributed by atoms with Crippen LogP contribution in [-0.2, 0) is 23.9 Å². The molecule has 1 amide bonds. The Labute approximate surface area is 175 Å². The Morgan fingerprint density at radius 3 is 2.28 bits per heavy atom. The van der Waals surface area contributed by atoms with Gasteiger partial charge in [-0.1, -0.05) is 30.0 Å². The van der Waals surface area contributed by atoms with E-state index >= 15 is 0 Å². The Hall–Kier alpha value is -2.53. The van der Waals surface area contributed by atoms with Crippen molar-refractivity contribution in [3.8, 4) is 0 Å². The minimum atomic E-state index is -1.37. The van der Waals surface area contributed by atoms with E-state index < -0.39 is 40.7 Å². The van der Waals surface area contributed by atoms with Gasteiger partial charge >= 0.3 is 17.2 Å². The van der Waals surface area contributed by atoms with Crippen molar-refractivity contribution in [2.24, 2.45) is 0 Å². The van der Waals surface area contributed by atoms with E-state index in [9.17, 15) is 24.0 Å². The third-order valence-corrected chi connectivity index (χ3v) is 5.21. The first-order chi connectivity index (χ1) is 13.5. The molecular weight excluding hydrogens is 422 g/mol. The molecular formula is C18H21NO8S2. The van der Waals surface area contributed by atoms with E-state index in [2.05, 4.69) is 5.32 Å². The van der Waals surface area contributed by atoms with Gasteiger partial charge in [-0.3, -0.25) is 9.59 Å². The van der Waals surface area contributed by atoms with Gasteiger partial charge in [0.1, 0.15) is 6.04 Å². The molecule has 1 aromatic carbocycles. The molecule has 0 bridgehead atoms. The molecule has 1 atom stereocenters. The highest BCUT2D eigenvalue weighted by Gasteiger charge is 2.35. The van der Waals surface area contributed by atoms with Gasteiger partial charge in [-0.15, -0.1) is 0 Å². The van der Waals surface area contributed by atoms with Gasteiger partial charge < -0.3 is 19.9 Å². The number of rotatable bonds is 9. The standard InChI is InChI=1S/C18H21NO8S2/c1-11(20)28-9-13(14(21)22)19-16(24)18(2,3)29-17(25)27-10-26-15(23)12-7-5-4-6-8-12/h4-8,13H,9-10H2,1-3H3,(H,19,24)(H,21,22)/t13-/m0/s1. The van der Waals surface area contributed by atoms with Crippen LogP contribution in [0.15, 0.2) is 30.3 Å². The van der Waals surface area contributed by atoms with Crippen LogP contribution in [0.1, 0.15) is 31.1 Å². The molecule has 0 spiro atoms. The van der Waals surface area contributed by atoms with E-state index in [-0.39, 0.29) is 10.9 Å². The zero-order chi connectivity index (χ0) is 22.0. The van der Waals surface area contributed by atoms with Crippen LogP contribution in [0.2, 0.25) is 0 Å². The molecule has 0 aromatic heterocycles. The minimum Gasteiger partial charge on any atom is -0.480 e. The number of aliphatic carboxylic acids is 1. The van der Waals surface area contributed by atoms with Crippen LogP contribution in [0.4, 0.5) is 4.79 Å². The van der Waals surface area contributed by atoms with Gasteiger partial charge in [0.25, 0.3) is 0 Å². The summed E-state index contributed by atoms with van der Waals surface area (Å²) in [6.07, 6.45) is 0. The summed E-state index contributed by atoms with van der Waals surface area (Å²) in [7, 11) is 0. The second-order valence-corrected chi connectivity index (χ2v) is 8.84. The number of nitrogens with one attached hydrogen (secondary N) is 1. The smallest absolute Gasteiger partial charge is 0.371 e. The van der Waals surface area contributed by atoms with Crippen molar-refractivity contribution >= 4 is 51.8 Å². The largest absolute Gasteiger partial charge is 0.480 e. The lowest BCUT2D eigenvalue weighted by Crippen LogP contribution is -2.49. The highest BCUT2D eigenvalue weighted by molar-refractivity contribution is 8.15. The molecule has 0 aliphatic carbocycles. The molecule has 11 heteroatoms. The number of carboxylic acid groups (broad SMARTS) is 1. The monoisotopic (exact) mass is 443 g/mol. The van der Waals surface area contributed by atoms with Crippen LogP contribution >= 0.6 is 23.5 Å². The van der Waals surface area contributed by atoms with Crippen molar-refractivity contribution in [3.63, 3.8) is 0 Å². The SMILES string of the molecule is CC(=O)SC[C@H](NC(=O)C(C)(C)SC(=O)OCOC(=O)c1ccccc1)C(=O)O. The topological polar surface area (TPSA) is 136 Å². The van der Waals surface area contributed by atoms with Crippen molar-refractivity contribution in [3.05, 3.63) is 35.9 Å². The van der Waals surface area contributed by atoms with Gasteiger partial charge in [-0.05, 0) is 37.7 Å². The second kappa shape index (κ2) is 11.5. The molecule has 0 fully saturated rings. The summed E-state index contributed by atoms with van der Waals surface area (Å²) in [5.74, 6) is -2.84. The number of carbonyl (C=O) groups is 5. The number of benzene rings is 1. The lowest BCUT2D eigenvalue weighted by atomic mass is 10.2. The van der Waals surface area contributed by atoms with Crippen LogP contribution in [0.3, 0.4) is 0 Å². The summed E-state index contributed by atoms with van der Waals surface area (Å²) < 4.78 is 8.24. The second-order valence-electron chi connectivity index (χ2n) is 6.09. The molecule has 0 saturated heterocycles. The van der Waals surface area contributed by atoms with E-state index in [1.165, 1.54) is 32.9 Å². The number of hydrogen-bond acceptors (Lipinski definition) is 9. The van der Waals surface area contributed by atoms with Gasteiger partial charge in [0.15, 0.2) is 5.12 Å². The Morgan fingerprint density at radius 1 is 1.10 bits per heavy atom. The average molecular weight is 443 g/mol. The van der Waals surface area contributed by atoms with Crippen LogP contribution < -0.4 is 5.32 Å². The summed E-state index contributed by atoms with van der Waals surface area (Å²) in [4.78, 5) is 58.2. The third kappa shape index (κ3) is 9.01. The van der Waals surface area contributed by atoms with E-state index in [0.717, 1.165) is 11.8 Å². The number of amides is 1. The fourth-order valence-electron chi connectivity index (χ4n) is 1.78. The lowest BCUT2D eigenvalue weighted by Gasteiger charge is -2.24. The zero-order valence-corrected chi connectivity index (χ0v) is 17.6. The molecule has 0 unspecified atom stereocenters. The Morgan fingerprint density at radius 2 is 1.72 bits per heavy atom. The highest BCUT2D eigenvalue weighted by atomic mass is 32.2. The van der Waals surface area contributed by atoms with Gasteiger partial charge in [-0.2, -0.15) is 0 Å². The summed E-state index contributed by atoms with van der Waals surface area (Å²) in [5.41, 5.74) is 0.291. The van der Waals surface area contributed by atoms with Crippen LogP contribution in [0.5, 0.6) is 0 Å². The molecule has 29 heavy (non-hydrogen) atoms. The van der Waals surface area contributed by atoms with E-state index in [4.69, 9.17) is 14.6 Å². The molecule has 0 aliphatic heterocycles. The molecule has 0 saturated carbocycles. The molecule has 2 N–H and O–H groups in total. The molecule has 1 aromatic rings. The fourth-order valence-corrected chi connectivity index (χ4v) is 3.08. The van der Waals surface area contributed by atoms with E-state index in [1.807, 2.05) is 0 Å². The number of hydrogen-bond donors (Lipinski definition) is 2. The number of esters is 1. The Kier molecular flexibility index (Phi) is 9.69. The first-order valence-corrected chi connectivity index (χ1v) is 10.1. The Bertz CT molecular complexity index is 766. The fraction of sp³-hybridized carbons (Fsp3) is 0.389. The molecule has 0 aliphatic rings. The van der Waals surface area contributed by atoms with Crippen LogP contribution in [0.25, 0.3) is 0 Å². The third-order valence-electron chi connectivity index (χ3n) is 3.32. The lowest BCUT2D eigenvalue weighted by molar-refractivity contribution is -0.141. The van der Waals surface area contributed by atoms with E-state index in [1.54, 1.807) is 18.2 Å². The first kappa shape index (κ1) is 24.5. The highest BCUT2D eigenvalue weighted by Crippen LogP contribution is 2.27. The molecule has 158 valence electrons. The number of carboxylic acids is 1. The van der Waals surface area contributed by atoms with Crippen molar-refractivity contribution in [2.75, 3.05) is 12.5 Å². The molecule has 0 heterocycles. The number of ether oxygens (including phenoxy) is 2. The van der Waals surface area contributed by atoms with Crippen molar-refractivity contribution in [2.45, 2.75) is 31.6 Å². The van der Waals surface area contributed by atoms with Gasteiger partial charge in [-0.25, -0.2) is 14.4 Å². The predicted molar refractivity (Wildman–Crippen MR) is 108 cm³/mol. The van der Waals surface area contributed by atoms with Crippen molar-refractivity contribution in [1.82, 2.24) is 5.32 Å². The first-order valence-electron chi connectivity index (χ1n) is 8.28. The summed E-state index contributed by atoms with van der Waals surface area (Å²) in [6, 6.07) is 6.82. The van der Waals surface area contributed by atoms with Gasteiger partial charge in [0, 0.05) is 12.7 Å². The van der Waals surface area contributed by atoms with Crippen LogP contribution in [-0.4, -0.2) is 56.7 Å². The number of thioether (sulfide) groups is 2. The van der Waals surface area contributed by atoms with Crippen molar-refractivity contribution in [1.29, 1.82) is 0 Å². The summed E-state index contributed by atoms with van der Waals surface area (Å²) in [5, 5.41) is 10.3. The minimum absolute atomic E-state index is 0.142. The number of carbonyl (C=O) groups excluding carboxylic acids is 4. The Balaban J connectivity index is 2.51. The molecule has 9 nitrogen and oxygen atoms in total. The maximum Gasteiger partial charge on any atom is 0.371 e. The quantitative estimate of drug-likeness (QED) is 0.432. The molecule has 1 rings (SSSR count).